The van der Waals surface area contributed by atoms with Crippen LogP contribution in [0, 0.1) is 19.7 Å². The molecule has 1 amide bonds. The molecule has 1 aliphatic rings. The second kappa shape index (κ2) is 8.78. The van der Waals surface area contributed by atoms with Gasteiger partial charge in [0.15, 0.2) is 0 Å². The molecule has 3 aromatic rings. The van der Waals surface area contributed by atoms with Gasteiger partial charge in [0.1, 0.15) is 29.2 Å². The van der Waals surface area contributed by atoms with Crippen molar-refractivity contribution in [3.8, 4) is 0 Å². The Morgan fingerprint density at radius 3 is 2.81 bits per heavy atom. The molecule has 0 aliphatic carbocycles. The molecule has 4 rings (SSSR count). The second-order valence-corrected chi connectivity index (χ2v) is 7.92. The van der Waals surface area contributed by atoms with Crippen molar-refractivity contribution < 1.29 is 9.18 Å². The number of fused-ring (bicyclic) bond motifs is 1. The van der Waals surface area contributed by atoms with E-state index in [1.807, 2.05) is 13.0 Å². The molecule has 3 heterocycles. The molecule has 2 aromatic heterocycles. The molecule has 4 N–H and O–H groups in total. The number of pyridine rings is 1. The Morgan fingerprint density at radius 1 is 1.22 bits per heavy atom. The molecule has 0 fully saturated rings. The van der Waals surface area contributed by atoms with Crippen LogP contribution in [-0.2, 0) is 24.3 Å². The van der Waals surface area contributed by atoms with Gasteiger partial charge in [-0.1, -0.05) is 24.3 Å². The van der Waals surface area contributed by atoms with E-state index in [-0.39, 0.29) is 36.1 Å². The van der Waals surface area contributed by atoms with Crippen molar-refractivity contribution in [2.45, 2.75) is 45.8 Å². The second-order valence-electron chi connectivity index (χ2n) is 7.92. The minimum absolute atomic E-state index is 0.143. The van der Waals surface area contributed by atoms with Gasteiger partial charge in [-0.25, -0.2) is 14.4 Å². The van der Waals surface area contributed by atoms with Crippen LogP contribution < -0.4 is 21.9 Å². The summed E-state index contributed by atoms with van der Waals surface area (Å²) in [6, 6.07) is 7.98. The highest BCUT2D eigenvalue weighted by Crippen LogP contribution is 2.24. The molecule has 32 heavy (non-hydrogen) atoms. The summed E-state index contributed by atoms with van der Waals surface area (Å²) in [5.41, 5.74) is 8.15. The fraction of sp³-hybridized carbons (Fsp3) is 0.304. The molecule has 1 atom stereocenters. The van der Waals surface area contributed by atoms with Crippen LogP contribution >= 0.6 is 0 Å². The van der Waals surface area contributed by atoms with Gasteiger partial charge in [0.2, 0.25) is 5.91 Å². The summed E-state index contributed by atoms with van der Waals surface area (Å²) < 4.78 is 15.7. The van der Waals surface area contributed by atoms with Gasteiger partial charge in [0.05, 0.1) is 6.20 Å². The van der Waals surface area contributed by atoms with Gasteiger partial charge < -0.3 is 16.4 Å². The van der Waals surface area contributed by atoms with E-state index in [1.54, 1.807) is 31.2 Å². The fourth-order valence-electron chi connectivity index (χ4n) is 3.91. The van der Waals surface area contributed by atoms with Crippen LogP contribution in [-0.4, -0.2) is 20.4 Å². The topological polar surface area (TPSA) is 115 Å². The number of amides is 1. The Hall–Kier alpha value is -3.75. The van der Waals surface area contributed by atoms with Crippen molar-refractivity contribution >= 4 is 17.4 Å². The maximum Gasteiger partial charge on any atom is 0.277 e. The number of halogens is 1. The highest BCUT2D eigenvalue weighted by atomic mass is 19.1. The van der Waals surface area contributed by atoms with Crippen molar-refractivity contribution in [3.05, 3.63) is 80.9 Å². The number of carbonyl (C=O) groups excluding carboxylic acids is 1. The van der Waals surface area contributed by atoms with E-state index in [0.29, 0.717) is 35.6 Å². The lowest BCUT2D eigenvalue weighted by Gasteiger charge is -2.16. The zero-order chi connectivity index (χ0) is 22.8. The lowest BCUT2D eigenvalue weighted by Crippen LogP contribution is -2.36. The first-order valence-corrected chi connectivity index (χ1v) is 10.4. The number of aromatic nitrogens is 3. The third-order valence-corrected chi connectivity index (χ3v) is 5.74. The van der Waals surface area contributed by atoms with E-state index < -0.39 is 6.04 Å². The van der Waals surface area contributed by atoms with Crippen LogP contribution in [0.15, 0.2) is 41.3 Å². The number of hydrogen-bond donors (Lipinski definition) is 3. The van der Waals surface area contributed by atoms with Crippen LogP contribution in [0.4, 0.5) is 15.9 Å². The molecule has 8 nitrogen and oxygen atoms in total. The smallest absolute Gasteiger partial charge is 0.277 e. The number of rotatable bonds is 6. The first-order chi connectivity index (χ1) is 15.3. The van der Waals surface area contributed by atoms with Crippen LogP contribution in [0.1, 0.15) is 40.7 Å². The number of nitrogens with zero attached hydrogens (tertiary/aromatic N) is 3. The molecule has 0 saturated heterocycles. The Morgan fingerprint density at radius 2 is 2.03 bits per heavy atom. The number of benzene rings is 1. The zero-order valence-electron chi connectivity index (χ0n) is 18.0. The predicted molar refractivity (Wildman–Crippen MR) is 120 cm³/mol. The van der Waals surface area contributed by atoms with Crippen LogP contribution in [0.2, 0.25) is 0 Å². The van der Waals surface area contributed by atoms with E-state index >= 15 is 0 Å². The van der Waals surface area contributed by atoms with Gasteiger partial charge in [0.25, 0.3) is 5.56 Å². The summed E-state index contributed by atoms with van der Waals surface area (Å²) in [4.78, 5) is 34.5. The normalized spacial score (nSPS) is 14.8. The fourth-order valence-corrected chi connectivity index (χ4v) is 3.91. The van der Waals surface area contributed by atoms with Gasteiger partial charge in [-0.05, 0) is 37.5 Å². The molecule has 1 aromatic carbocycles. The maximum atomic E-state index is 14.3. The molecule has 1 aliphatic heterocycles. The van der Waals surface area contributed by atoms with Crippen molar-refractivity contribution in [1.82, 2.24) is 19.9 Å². The number of hydrogen-bond acceptors (Lipinski definition) is 6. The van der Waals surface area contributed by atoms with E-state index in [9.17, 15) is 14.0 Å². The van der Waals surface area contributed by atoms with Gasteiger partial charge in [-0.3, -0.25) is 14.2 Å². The predicted octanol–water partition coefficient (Wildman–Crippen LogP) is 2.39. The SMILES string of the molecule is Cc1cccc(CNc2cnc3n(c2=O)[C@H](C(=O)NCc2ccc(N)nc2C)CC3)c1F. The van der Waals surface area contributed by atoms with E-state index in [4.69, 9.17) is 5.73 Å². The largest absolute Gasteiger partial charge is 0.384 e. The van der Waals surface area contributed by atoms with Gasteiger partial charge >= 0.3 is 0 Å². The standard InChI is InChI=1S/C23H25FN6O2/c1-13-4-3-5-16(21(13)24)11-26-17-12-27-20-9-7-18(30(20)23(17)32)22(31)28-10-15-6-8-19(25)29-14(15)2/h3-6,8,12,18,26H,7,9-11H2,1-2H3,(H2,25,29)(H,28,31)/t18-/m0/s1. The Bertz CT molecular complexity index is 1240. The summed E-state index contributed by atoms with van der Waals surface area (Å²) in [5.74, 6) is 0.419. The van der Waals surface area contributed by atoms with Crippen molar-refractivity contribution in [1.29, 1.82) is 0 Å². The number of anilines is 2. The minimum atomic E-state index is -0.649. The quantitative estimate of drug-likeness (QED) is 0.547. The highest BCUT2D eigenvalue weighted by molar-refractivity contribution is 5.81. The van der Waals surface area contributed by atoms with Crippen molar-refractivity contribution in [2.75, 3.05) is 11.1 Å². The van der Waals surface area contributed by atoms with Crippen molar-refractivity contribution in [3.63, 3.8) is 0 Å². The van der Waals surface area contributed by atoms with Gasteiger partial charge in [-0.2, -0.15) is 0 Å². The molecule has 0 bridgehead atoms. The number of nitrogen functional groups attached to an aromatic ring is 1. The third kappa shape index (κ3) is 4.18. The highest BCUT2D eigenvalue weighted by Gasteiger charge is 2.31. The molecular formula is C23H25FN6O2. The Labute approximate surface area is 184 Å². The number of nitrogens with one attached hydrogen (secondary N) is 2. The van der Waals surface area contributed by atoms with E-state index in [0.717, 1.165) is 11.3 Å². The average molecular weight is 436 g/mol. The molecule has 0 saturated carbocycles. The van der Waals surface area contributed by atoms with Gasteiger partial charge in [-0.15, -0.1) is 0 Å². The number of aryl methyl sites for hydroxylation is 3. The molecule has 0 radical (unpaired) electrons. The van der Waals surface area contributed by atoms with Crippen molar-refractivity contribution in [2.24, 2.45) is 0 Å². The average Bonchev–Trinajstić information content (AvgIpc) is 3.20. The van der Waals surface area contributed by atoms with Crippen LogP contribution in [0.25, 0.3) is 0 Å². The van der Waals surface area contributed by atoms with Crippen LogP contribution in [0.5, 0.6) is 0 Å². The van der Waals surface area contributed by atoms with E-state index in [2.05, 4.69) is 20.6 Å². The monoisotopic (exact) mass is 436 g/mol. The molecule has 166 valence electrons. The first kappa shape index (κ1) is 21.5. The van der Waals surface area contributed by atoms with Gasteiger partial charge in [0, 0.05) is 30.8 Å². The Balaban J connectivity index is 1.49. The summed E-state index contributed by atoms with van der Waals surface area (Å²) in [7, 11) is 0. The lowest BCUT2D eigenvalue weighted by atomic mass is 10.1. The minimum Gasteiger partial charge on any atom is -0.384 e. The number of carbonyl (C=O) groups is 1. The van der Waals surface area contributed by atoms with Crippen LogP contribution in [0.3, 0.4) is 0 Å². The van der Waals surface area contributed by atoms with E-state index in [1.165, 1.54) is 10.8 Å². The molecular weight excluding hydrogens is 411 g/mol. The summed E-state index contributed by atoms with van der Waals surface area (Å²) in [6.07, 6.45) is 2.47. The summed E-state index contributed by atoms with van der Waals surface area (Å²) >= 11 is 0. The lowest BCUT2D eigenvalue weighted by molar-refractivity contribution is -0.124. The summed E-state index contributed by atoms with van der Waals surface area (Å²) in [6.45, 7) is 3.95. The molecule has 0 spiro atoms. The first-order valence-electron chi connectivity index (χ1n) is 10.4. The maximum absolute atomic E-state index is 14.3. The summed E-state index contributed by atoms with van der Waals surface area (Å²) in [5, 5.41) is 5.85. The molecule has 0 unspecified atom stereocenters. The Kier molecular flexibility index (Phi) is 5.89. The zero-order valence-corrected chi connectivity index (χ0v) is 18.0. The number of nitrogens with two attached hydrogens (primary N) is 1. The molecule has 9 heteroatoms. The third-order valence-electron chi connectivity index (χ3n) is 5.74.